The average Bonchev–Trinajstić information content (AvgIpc) is 2.83. The topological polar surface area (TPSA) is 57.6 Å². The van der Waals surface area contributed by atoms with Crippen LogP contribution < -0.4 is 0 Å². The van der Waals surface area contributed by atoms with Crippen LogP contribution in [0, 0.1) is 11.3 Å². The molecule has 1 saturated heterocycles. The minimum atomic E-state index is -0.805. The van der Waals surface area contributed by atoms with E-state index in [0.717, 1.165) is 70.6 Å². The van der Waals surface area contributed by atoms with Crippen LogP contribution >= 0.6 is 0 Å². The number of hydrogen-bond acceptors (Lipinski definition) is 2. The van der Waals surface area contributed by atoms with Crippen LogP contribution in [0.15, 0.2) is 0 Å². The Kier molecular flexibility index (Phi) is 9.52. The lowest BCUT2D eigenvalue weighted by molar-refractivity contribution is -0.147. The number of likely N-dealkylation sites (tertiary alicyclic amines) is 1. The minimum Gasteiger partial charge on any atom is -0.480 e. The lowest BCUT2D eigenvalue weighted by atomic mass is 9.67. The highest BCUT2D eigenvalue weighted by Gasteiger charge is 2.59. The number of hydrogen-bond donors (Lipinski definition) is 1. The van der Waals surface area contributed by atoms with Gasteiger partial charge < -0.3 is 10.0 Å². The molecule has 0 aliphatic carbocycles. The van der Waals surface area contributed by atoms with E-state index >= 15 is 0 Å². The predicted octanol–water partition coefficient (Wildman–Crippen LogP) is 5.26. The van der Waals surface area contributed by atoms with Crippen molar-refractivity contribution in [1.29, 1.82) is 0 Å². The Balaban J connectivity index is 3.28. The van der Waals surface area contributed by atoms with Gasteiger partial charge in [0.15, 0.2) is 0 Å². The van der Waals surface area contributed by atoms with Gasteiger partial charge in [0.25, 0.3) is 0 Å². The number of amides is 1. The highest BCUT2D eigenvalue weighted by atomic mass is 16.4. The molecular formula is C21H39NO3. The molecule has 0 aromatic rings. The molecule has 4 nitrogen and oxygen atoms in total. The molecular weight excluding hydrogens is 314 g/mol. The van der Waals surface area contributed by atoms with E-state index in [1.165, 1.54) is 0 Å². The summed E-state index contributed by atoms with van der Waals surface area (Å²) in [6.07, 6.45) is 10.6. The first kappa shape index (κ1) is 22.0. The van der Waals surface area contributed by atoms with Crippen molar-refractivity contribution in [2.24, 2.45) is 11.3 Å². The zero-order chi connectivity index (χ0) is 18.9. The molecule has 1 amide bonds. The summed E-state index contributed by atoms with van der Waals surface area (Å²) in [5.41, 5.74) is -0.446. The Morgan fingerprint density at radius 3 is 1.92 bits per heavy atom. The van der Waals surface area contributed by atoms with Gasteiger partial charge in [-0.15, -0.1) is 0 Å². The normalized spacial score (nSPS) is 22.6. The van der Waals surface area contributed by atoms with E-state index in [2.05, 4.69) is 27.7 Å². The van der Waals surface area contributed by atoms with Crippen LogP contribution in [0.3, 0.4) is 0 Å². The van der Waals surface area contributed by atoms with Gasteiger partial charge in [-0.05, 0) is 25.7 Å². The first-order valence-electron chi connectivity index (χ1n) is 10.5. The first-order valence-corrected chi connectivity index (χ1v) is 10.5. The van der Waals surface area contributed by atoms with E-state index in [-0.39, 0.29) is 11.8 Å². The Morgan fingerprint density at radius 1 is 0.960 bits per heavy atom. The largest absolute Gasteiger partial charge is 0.480 e. The van der Waals surface area contributed by atoms with E-state index in [1.807, 2.05) is 0 Å². The summed E-state index contributed by atoms with van der Waals surface area (Å²) in [5, 5.41) is 9.96. The number of unbranched alkanes of at least 4 members (excludes halogenated alkanes) is 4. The molecule has 2 atom stereocenters. The van der Waals surface area contributed by atoms with Crippen LogP contribution in [0.25, 0.3) is 0 Å². The second-order valence-electron chi connectivity index (χ2n) is 7.75. The zero-order valence-corrected chi connectivity index (χ0v) is 16.9. The third-order valence-corrected chi connectivity index (χ3v) is 5.94. The molecule has 0 spiro atoms. The Morgan fingerprint density at radius 2 is 1.48 bits per heavy atom. The van der Waals surface area contributed by atoms with Crippen molar-refractivity contribution in [3.05, 3.63) is 0 Å². The van der Waals surface area contributed by atoms with E-state index < -0.39 is 17.4 Å². The molecule has 1 aliphatic heterocycles. The van der Waals surface area contributed by atoms with Crippen molar-refractivity contribution in [1.82, 2.24) is 4.90 Å². The number of aliphatic carboxylic acids is 1. The van der Waals surface area contributed by atoms with Crippen molar-refractivity contribution in [3.8, 4) is 0 Å². The second kappa shape index (κ2) is 10.8. The van der Waals surface area contributed by atoms with Gasteiger partial charge >= 0.3 is 5.97 Å². The fourth-order valence-electron chi connectivity index (χ4n) is 4.52. The fourth-order valence-corrected chi connectivity index (χ4v) is 4.52. The van der Waals surface area contributed by atoms with Gasteiger partial charge in [0.1, 0.15) is 6.04 Å². The number of carbonyl (C=O) groups excluding carboxylic acids is 1. The van der Waals surface area contributed by atoms with Crippen LogP contribution in [0.2, 0.25) is 0 Å². The lowest BCUT2D eigenvalue weighted by Crippen LogP contribution is -2.41. The molecule has 0 radical (unpaired) electrons. The Labute approximate surface area is 154 Å². The average molecular weight is 354 g/mol. The lowest BCUT2D eigenvalue weighted by Gasteiger charge is -2.34. The molecule has 1 N–H and O–H groups in total. The maximum Gasteiger partial charge on any atom is 0.326 e. The third-order valence-electron chi connectivity index (χ3n) is 5.94. The summed E-state index contributed by atoms with van der Waals surface area (Å²) in [4.78, 5) is 27.4. The maximum atomic E-state index is 13.5. The predicted molar refractivity (Wildman–Crippen MR) is 103 cm³/mol. The monoisotopic (exact) mass is 353 g/mol. The SMILES string of the molecule is CCCCC1C(C(=O)O)N(CCCC)C(=O)C1(CCCC)CCCC. The molecule has 1 aliphatic rings. The van der Waals surface area contributed by atoms with Crippen molar-refractivity contribution < 1.29 is 14.7 Å². The summed E-state index contributed by atoms with van der Waals surface area (Å²) < 4.78 is 0. The van der Waals surface area contributed by atoms with Crippen LogP contribution in [0.5, 0.6) is 0 Å². The number of nitrogens with zero attached hydrogens (tertiary/aromatic N) is 1. The Bertz CT molecular complexity index is 413. The van der Waals surface area contributed by atoms with E-state index in [4.69, 9.17) is 0 Å². The number of carboxylic acid groups (broad SMARTS) is 1. The maximum absolute atomic E-state index is 13.5. The van der Waals surface area contributed by atoms with E-state index in [1.54, 1.807) is 4.90 Å². The Hall–Kier alpha value is -1.06. The summed E-state index contributed by atoms with van der Waals surface area (Å²) in [5.74, 6) is -0.704. The minimum absolute atomic E-state index is 0.0348. The smallest absolute Gasteiger partial charge is 0.326 e. The van der Waals surface area contributed by atoms with Gasteiger partial charge in [0.2, 0.25) is 5.91 Å². The molecule has 0 aromatic carbocycles. The van der Waals surface area contributed by atoms with Crippen LogP contribution in [-0.2, 0) is 9.59 Å². The van der Waals surface area contributed by atoms with Gasteiger partial charge in [-0.2, -0.15) is 0 Å². The van der Waals surface area contributed by atoms with E-state index in [9.17, 15) is 14.7 Å². The van der Waals surface area contributed by atoms with Crippen LogP contribution in [-0.4, -0.2) is 34.5 Å². The third kappa shape index (κ3) is 4.98. The molecule has 0 saturated carbocycles. The number of carboxylic acids is 1. The molecule has 25 heavy (non-hydrogen) atoms. The van der Waals surface area contributed by atoms with Crippen molar-refractivity contribution >= 4 is 11.9 Å². The molecule has 1 fully saturated rings. The molecule has 0 aromatic heterocycles. The van der Waals surface area contributed by atoms with Crippen molar-refractivity contribution in [2.45, 2.75) is 104 Å². The molecule has 146 valence electrons. The number of carbonyl (C=O) groups is 2. The highest BCUT2D eigenvalue weighted by molar-refractivity contribution is 5.92. The second-order valence-corrected chi connectivity index (χ2v) is 7.75. The van der Waals surface area contributed by atoms with Gasteiger partial charge in [-0.25, -0.2) is 4.79 Å². The van der Waals surface area contributed by atoms with Crippen LogP contribution in [0.1, 0.15) is 98.3 Å². The van der Waals surface area contributed by atoms with Gasteiger partial charge in [-0.3, -0.25) is 4.79 Å². The van der Waals surface area contributed by atoms with Crippen molar-refractivity contribution in [3.63, 3.8) is 0 Å². The van der Waals surface area contributed by atoms with Crippen molar-refractivity contribution in [2.75, 3.05) is 6.54 Å². The summed E-state index contributed by atoms with van der Waals surface area (Å²) in [7, 11) is 0. The molecule has 2 unspecified atom stereocenters. The van der Waals surface area contributed by atoms with Gasteiger partial charge in [0, 0.05) is 12.5 Å². The standard InChI is InChI=1S/C21H39NO3/c1-5-9-13-17-18(19(23)24)22(16-12-8-4)20(25)21(17,14-10-6-2)15-11-7-3/h17-18H,5-16H2,1-4H3,(H,23,24). The summed E-state index contributed by atoms with van der Waals surface area (Å²) >= 11 is 0. The molecule has 1 heterocycles. The van der Waals surface area contributed by atoms with Gasteiger partial charge in [-0.1, -0.05) is 72.6 Å². The molecule has 4 heteroatoms. The quantitative estimate of drug-likeness (QED) is 0.491. The number of rotatable bonds is 13. The zero-order valence-electron chi connectivity index (χ0n) is 16.9. The van der Waals surface area contributed by atoms with E-state index in [0.29, 0.717) is 6.54 Å². The summed E-state index contributed by atoms with van der Waals surface area (Å²) in [6, 6.07) is -0.626. The van der Waals surface area contributed by atoms with Gasteiger partial charge in [0.05, 0.1) is 5.41 Å². The first-order chi connectivity index (χ1) is 12.0. The molecule has 1 rings (SSSR count). The fraction of sp³-hybridized carbons (Fsp3) is 0.905. The highest BCUT2D eigenvalue weighted by Crippen LogP contribution is 2.51. The van der Waals surface area contributed by atoms with Crippen LogP contribution in [0.4, 0.5) is 0 Å². The summed E-state index contributed by atoms with van der Waals surface area (Å²) in [6.45, 7) is 9.12. The molecule has 0 bridgehead atoms.